The Hall–Kier alpha value is -2.66. The van der Waals surface area contributed by atoms with Crippen LogP contribution in [0.25, 0.3) is 0 Å². The van der Waals surface area contributed by atoms with E-state index in [1.807, 2.05) is 61.5 Å². The molecule has 2 amide bonds. The number of urea groups is 1. The molecule has 0 bridgehead atoms. The molecule has 2 N–H and O–H groups in total. The number of Topliss-reactive ketones (excluding diaryl/α,β-unsaturated/α-hetero) is 1. The van der Waals surface area contributed by atoms with Gasteiger partial charge in [-0.1, -0.05) is 42.5 Å². The average Bonchev–Trinajstić information content (AvgIpc) is 2.70. The smallest absolute Gasteiger partial charge is 0.319 e. The molecule has 1 aliphatic heterocycles. The van der Waals surface area contributed by atoms with E-state index in [9.17, 15) is 9.59 Å². The lowest BCUT2D eigenvalue weighted by atomic mass is 10.0. The van der Waals surface area contributed by atoms with Gasteiger partial charge in [-0.15, -0.1) is 0 Å². The summed E-state index contributed by atoms with van der Waals surface area (Å²) in [5, 5.41) is 5.97. The molecular weight excluding hydrogens is 350 g/mol. The molecule has 0 aliphatic carbocycles. The molecule has 5 heteroatoms. The Morgan fingerprint density at radius 2 is 1.79 bits per heavy atom. The number of carbonyl (C=O) groups excluding carboxylic acids is 2. The van der Waals surface area contributed by atoms with Gasteiger partial charge in [0.15, 0.2) is 5.78 Å². The van der Waals surface area contributed by atoms with E-state index in [2.05, 4.69) is 15.5 Å². The molecule has 1 aliphatic rings. The van der Waals surface area contributed by atoms with Crippen molar-refractivity contribution in [3.8, 4) is 0 Å². The normalized spacial score (nSPS) is 15.2. The van der Waals surface area contributed by atoms with Gasteiger partial charge in [0, 0.05) is 36.8 Å². The number of likely N-dealkylation sites (tertiary alicyclic amines) is 1. The molecule has 2 aromatic rings. The van der Waals surface area contributed by atoms with Gasteiger partial charge in [0.05, 0.1) is 0 Å². The van der Waals surface area contributed by atoms with E-state index in [4.69, 9.17) is 0 Å². The number of aryl methyl sites for hydroxylation is 1. The number of ketones is 1. The Bertz CT molecular complexity index is 783. The molecule has 0 unspecified atom stereocenters. The summed E-state index contributed by atoms with van der Waals surface area (Å²) in [6, 6.07) is 17.3. The van der Waals surface area contributed by atoms with Crippen LogP contribution in [0.2, 0.25) is 0 Å². The predicted octanol–water partition coefficient (Wildman–Crippen LogP) is 4.24. The predicted molar refractivity (Wildman–Crippen MR) is 113 cm³/mol. The molecule has 0 radical (unpaired) electrons. The van der Waals surface area contributed by atoms with Gasteiger partial charge in [0.1, 0.15) is 0 Å². The van der Waals surface area contributed by atoms with Crippen LogP contribution in [0, 0.1) is 6.92 Å². The number of hydrogen-bond acceptors (Lipinski definition) is 3. The zero-order chi connectivity index (χ0) is 19.8. The first kappa shape index (κ1) is 20.1. The van der Waals surface area contributed by atoms with Gasteiger partial charge in [0.2, 0.25) is 0 Å². The monoisotopic (exact) mass is 379 g/mol. The van der Waals surface area contributed by atoms with Crippen LogP contribution in [-0.2, 0) is 0 Å². The first-order chi connectivity index (χ1) is 13.6. The second kappa shape index (κ2) is 10.0. The minimum Gasteiger partial charge on any atom is -0.335 e. The van der Waals surface area contributed by atoms with Crippen molar-refractivity contribution in [1.29, 1.82) is 0 Å². The van der Waals surface area contributed by atoms with Crippen molar-refractivity contribution in [2.45, 2.75) is 38.6 Å². The molecule has 5 nitrogen and oxygen atoms in total. The molecule has 28 heavy (non-hydrogen) atoms. The van der Waals surface area contributed by atoms with E-state index in [0.29, 0.717) is 6.42 Å². The highest BCUT2D eigenvalue weighted by Crippen LogP contribution is 2.14. The highest BCUT2D eigenvalue weighted by molar-refractivity contribution is 5.95. The SMILES string of the molecule is Cc1cccc(NC(=O)NC2CCN(CCCC(=O)c3ccccc3)CC2)c1. The molecule has 3 rings (SSSR count). The van der Waals surface area contributed by atoms with Crippen molar-refractivity contribution in [1.82, 2.24) is 10.2 Å². The second-order valence-corrected chi connectivity index (χ2v) is 7.48. The number of nitrogens with one attached hydrogen (secondary N) is 2. The van der Waals surface area contributed by atoms with Crippen molar-refractivity contribution in [2.75, 3.05) is 25.0 Å². The second-order valence-electron chi connectivity index (χ2n) is 7.48. The molecule has 0 saturated carbocycles. The van der Waals surface area contributed by atoms with E-state index in [0.717, 1.165) is 55.7 Å². The fraction of sp³-hybridized carbons (Fsp3) is 0.391. The van der Waals surface area contributed by atoms with E-state index in [1.165, 1.54) is 0 Å². The van der Waals surface area contributed by atoms with Crippen molar-refractivity contribution < 1.29 is 9.59 Å². The van der Waals surface area contributed by atoms with Crippen LogP contribution in [-0.4, -0.2) is 42.4 Å². The zero-order valence-electron chi connectivity index (χ0n) is 16.5. The van der Waals surface area contributed by atoms with Crippen molar-refractivity contribution in [2.24, 2.45) is 0 Å². The Kier molecular flexibility index (Phi) is 7.20. The van der Waals surface area contributed by atoms with Gasteiger partial charge in [-0.05, 0) is 50.4 Å². The Morgan fingerprint density at radius 1 is 1.04 bits per heavy atom. The first-order valence-corrected chi connectivity index (χ1v) is 10.0. The van der Waals surface area contributed by atoms with E-state index >= 15 is 0 Å². The molecule has 1 heterocycles. The van der Waals surface area contributed by atoms with Crippen LogP contribution >= 0.6 is 0 Å². The van der Waals surface area contributed by atoms with Crippen LogP contribution in [0.1, 0.15) is 41.6 Å². The number of anilines is 1. The first-order valence-electron chi connectivity index (χ1n) is 10.0. The number of benzene rings is 2. The standard InChI is InChI=1S/C23H29N3O2/c1-18-7-5-10-21(17-18)25-23(28)24-20-12-15-26(16-13-20)14-6-11-22(27)19-8-3-2-4-9-19/h2-5,7-10,17,20H,6,11-16H2,1H3,(H2,24,25,28). The maximum Gasteiger partial charge on any atom is 0.319 e. The molecule has 1 fully saturated rings. The molecule has 148 valence electrons. The molecule has 2 aromatic carbocycles. The number of nitrogens with zero attached hydrogens (tertiary/aromatic N) is 1. The van der Waals surface area contributed by atoms with Crippen molar-refractivity contribution in [3.05, 3.63) is 65.7 Å². The molecule has 0 spiro atoms. The third-order valence-corrected chi connectivity index (χ3v) is 5.17. The third kappa shape index (κ3) is 6.20. The summed E-state index contributed by atoms with van der Waals surface area (Å²) >= 11 is 0. The van der Waals surface area contributed by atoms with Crippen LogP contribution in [0.15, 0.2) is 54.6 Å². The highest BCUT2D eigenvalue weighted by atomic mass is 16.2. The van der Waals surface area contributed by atoms with E-state index in [-0.39, 0.29) is 17.9 Å². The van der Waals surface area contributed by atoms with Crippen LogP contribution in [0.5, 0.6) is 0 Å². The van der Waals surface area contributed by atoms with Crippen LogP contribution in [0.4, 0.5) is 10.5 Å². The van der Waals surface area contributed by atoms with Gasteiger partial charge in [-0.2, -0.15) is 0 Å². The maximum atomic E-state index is 12.2. The molecule has 0 aromatic heterocycles. The number of amides is 2. The molecular formula is C23H29N3O2. The van der Waals surface area contributed by atoms with Gasteiger partial charge in [-0.3, -0.25) is 4.79 Å². The summed E-state index contributed by atoms with van der Waals surface area (Å²) in [5.41, 5.74) is 2.74. The minimum atomic E-state index is -0.141. The fourth-order valence-electron chi connectivity index (χ4n) is 3.61. The summed E-state index contributed by atoms with van der Waals surface area (Å²) < 4.78 is 0. The maximum absolute atomic E-state index is 12.2. The van der Waals surface area contributed by atoms with E-state index < -0.39 is 0 Å². The van der Waals surface area contributed by atoms with Gasteiger partial charge >= 0.3 is 6.03 Å². The summed E-state index contributed by atoms with van der Waals surface area (Å²) in [5.74, 6) is 0.213. The summed E-state index contributed by atoms with van der Waals surface area (Å²) in [6.45, 7) is 4.84. The Morgan fingerprint density at radius 3 is 2.50 bits per heavy atom. The number of rotatable bonds is 7. The lowest BCUT2D eigenvalue weighted by Gasteiger charge is -2.32. The van der Waals surface area contributed by atoms with Gasteiger partial charge in [-0.25, -0.2) is 4.79 Å². The Balaban J connectivity index is 1.33. The Labute approximate surface area is 167 Å². The van der Waals surface area contributed by atoms with Crippen molar-refractivity contribution in [3.63, 3.8) is 0 Å². The number of carbonyl (C=O) groups is 2. The van der Waals surface area contributed by atoms with Crippen molar-refractivity contribution >= 4 is 17.5 Å². The van der Waals surface area contributed by atoms with Crippen LogP contribution in [0.3, 0.4) is 0 Å². The summed E-state index contributed by atoms with van der Waals surface area (Å²) in [4.78, 5) is 26.7. The summed E-state index contributed by atoms with van der Waals surface area (Å²) in [6.07, 6.45) is 3.34. The molecule has 1 saturated heterocycles. The van der Waals surface area contributed by atoms with Crippen LogP contribution < -0.4 is 10.6 Å². The average molecular weight is 380 g/mol. The molecule has 0 atom stereocenters. The van der Waals surface area contributed by atoms with Gasteiger partial charge < -0.3 is 15.5 Å². The lowest BCUT2D eigenvalue weighted by molar-refractivity contribution is 0.0971. The quantitative estimate of drug-likeness (QED) is 0.707. The largest absolute Gasteiger partial charge is 0.335 e. The lowest BCUT2D eigenvalue weighted by Crippen LogP contribution is -2.46. The number of piperidine rings is 1. The highest BCUT2D eigenvalue weighted by Gasteiger charge is 2.20. The minimum absolute atomic E-state index is 0.141. The van der Waals surface area contributed by atoms with Gasteiger partial charge in [0.25, 0.3) is 0 Å². The third-order valence-electron chi connectivity index (χ3n) is 5.17. The fourth-order valence-corrected chi connectivity index (χ4v) is 3.61. The summed E-state index contributed by atoms with van der Waals surface area (Å²) in [7, 11) is 0. The number of hydrogen-bond donors (Lipinski definition) is 2. The zero-order valence-corrected chi connectivity index (χ0v) is 16.5. The van der Waals surface area contributed by atoms with E-state index in [1.54, 1.807) is 0 Å². The topological polar surface area (TPSA) is 61.4 Å².